The summed E-state index contributed by atoms with van der Waals surface area (Å²) in [7, 11) is 1.65. The molecule has 2 heterocycles. The van der Waals surface area contributed by atoms with Crippen LogP contribution in [0.4, 0.5) is 0 Å². The van der Waals surface area contributed by atoms with E-state index >= 15 is 0 Å². The Balaban J connectivity index is 1.69. The van der Waals surface area contributed by atoms with Crippen LogP contribution in [0.1, 0.15) is 10.4 Å². The number of ether oxygens (including phenoxy) is 1. The zero-order valence-electron chi connectivity index (χ0n) is 12.2. The molecule has 22 heavy (non-hydrogen) atoms. The van der Waals surface area contributed by atoms with Gasteiger partial charge in [-0.05, 0) is 6.07 Å². The summed E-state index contributed by atoms with van der Waals surface area (Å²) in [5.41, 5.74) is 1.69. The number of Topliss-reactive ketones (excluding diaryl/α,β-unsaturated/α-hetero) is 1. The second kappa shape index (κ2) is 6.76. The van der Waals surface area contributed by atoms with Crippen molar-refractivity contribution >= 4 is 28.4 Å². The third kappa shape index (κ3) is 3.05. The number of nitrogens with zero attached hydrogens (tertiary/aromatic N) is 3. The molecule has 0 spiro atoms. The van der Waals surface area contributed by atoms with Gasteiger partial charge in [0.1, 0.15) is 6.33 Å². The molecule has 6 nitrogen and oxygen atoms in total. The zero-order valence-corrected chi connectivity index (χ0v) is 13.0. The van der Waals surface area contributed by atoms with Gasteiger partial charge in [-0.2, -0.15) is 0 Å². The average Bonchev–Trinajstić information content (AvgIpc) is 3.17. The number of rotatable bonds is 7. The van der Waals surface area contributed by atoms with Gasteiger partial charge in [-0.3, -0.25) is 4.79 Å². The standard InChI is InChI=1S/C15H16N4O2S/c1-21-7-6-19-10-17-18-15(19)22-9-14(20)12-8-16-13-5-3-2-4-11(12)13/h2-5,8,10,16H,6-7,9H2,1H3. The van der Waals surface area contributed by atoms with Crippen LogP contribution in [0.25, 0.3) is 10.9 Å². The summed E-state index contributed by atoms with van der Waals surface area (Å²) in [6, 6.07) is 7.78. The second-order valence-corrected chi connectivity index (χ2v) is 5.70. The number of ketones is 1. The maximum absolute atomic E-state index is 12.4. The number of fused-ring (bicyclic) bond motifs is 1. The van der Waals surface area contributed by atoms with Gasteiger partial charge in [-0.15, -0.1) is 10.2 Å². The lowest BCUT2D eigenvalue weighted by molar-refractivity contribution is 0.102. The highest BCUT2D eigenvalue weighted by molar-refractivity contribution is 7.99. The van der Waals surface area contributed by atoms with Crippen molar-refractivity contribution < 1.29 is 9.53 Å². The van der Waals surface area contributed by atoms with E-state index in [1.165, 1.54) is 11.8 Å². The number of benzene rings is 1. The lowest BCUT2D eigenvalue weighted by Crippen LogP contribution is -2.07. The molecule has 0 amide bonds. The van der Waals surface area contributed by atoms with Gasteiger partial charge in [0.2, 0.25) is 0 Å². The smallest absolute Gasteiger partial charge is 0.191 e. The quantitative estimate of drug-likeness (QED) is 0.535. The first-order valence-electron chi connectivity index (χ1n) is 6.88. The van der Waals surface area contributed by atoms with E-state index < -0.39 is 0 Å². The lowest BCUT2D eigenvalue weighted by Gasteiger charge is -2.04. The van der Waals surface area contributed by atoms with E-state index in [0.717, 1.165) is 16.1 Å². The number of thioether (sulfide) groups is 1. The summed E-state index contributed by atoms with van der Waals surface area (Å²) >= 11 is 1.39. The van der Waals surface area contributed by atoms with Gasteiger partial charge >= 0.3 is 0 Å². The Morgan fingerprint density at radius 2 is 2.27 bits per heavy atom. The van der Waals surface area contributed by atoms with Crippen molar-refractivity contribution in [3.63, 3.8) is 0 Å². The molecule has 0 aliphatic rings. The summed E-state index contributed by atoms with van der Waals surface area (Å²) in [6.45, 7) is 1.26. The predicted molar refractivity (Wildman–Crippen MR) is 85.3 cm³/mol. The van der Waals surface area contributed by atoms with Crippen LogP contribution in [0.15, 0.2) is 41.9 Å². The Morgan fingerprint density at radius 3 is 3.14 bits per heavy atom. The first kappa shape index (κ1) is 14.8. The number of hydrogen-bond acceptors (Lipinski definition) is 5. The van der Waals surface area contributed by atoms with Gasteiger partial charge < -0.3 is 14.3 Å². The molecule has 2 aromatic heterocycles. The summed E-state index contributed by atoms with van der Waals surface area (Å²) in [5, 5.41) is 9.61. The van der Waals surface area contributed by atoms with Crippen molar-refractivity contribution in [1.29, 1.82) is 0 Å². The monoisotopic (exact) mass is 316 g/mol. The number of para-hydroxylation sites is 1. The number of aromatic nitrogens is 4. The fourth-order valence-corrected chi connectivity index (χ4v) is 3.03. The second-order valence-electron chi connectivity index (χ2n) is 4.76. The fraction of sp³-hybridized carbons (Fsp3) is 0.267. The zero-order chi connectivity index (χ0) is 15.4. The minimum Gasteiger partial charge on any atom is -0.383 e. The molecule has 114 valence electrons. The van der Waals surface area contributed by atoms with Crippen LogP contribution < -0.4 is 0 Å². The van der Waals surface area contributed by atoms with Crippen LogP contribution in [-0.2, 0) is 11.3 Å². The molecule has 3 aromatic rings. The number of methoxy groups -OCH3 is 1. The average molecular weight is 316 g/mol. The first-order chi connectivity index (χ1) is 10.8. The summed E-state index contributed by atoms with van der Waals surface area (Å²) < 4.78 is 6.93. The molecular weight excluding hydrogens is 300 g/mol. The van der Waals surface area contributed by atoms with Gasteiger partial charge in [0.05, 0.1) is 12.4 Å². The minimum atomic E-state index is 0.0729. The topological polar surface area (TPSA) is 72.8 Å². The molecule has 3 rings (SSSR count). The van der Waals surface area contributed by atoms with Crippen molar-refractivity contribution in [2.24, 2.45) is 0 Å². The van der Waals surface area contributed by atoms with Crippen molar-refractivity contribution in [3.8, 4) is 0 Å². The first-order valence-corrected chi connectivity index (χ1v) is 7.87. The largest absolute Gasteiger partial charge is 0.383 e. The molecule has 0 radical (unpaired) electrons. The summed E-state index contributed by atoms with van der Waals surface area (Å²) in [4.78, 5) is 15.5. The number of nitrogens with one attached hydrogen (secondary N) is 1. The van der Waals surface area contributed by atoms with Crippen molar-refractivity contribution in [1.82, 2.24) is 19.7 Å². The molecule has 0 atom stereocenters. The molecule has 0 saturated heterocycles. The van der Waals surface area contributed by atoms with E-state index in [2.05, 4.69) is 15.2 Å². The van der Waals surface area contributed by atoms with E-state index in [1.807, 2.05) is 28.8 Å². The maximum Gasteiger partial charge on any atom is 0.191 e. The normalized spacial score (nSPS) is 11.1. The van der Waals surface area contributed by atoms with Crippen molar-refractivity contribution in [3.05, 3.63) is 42.4 Å². The van der Waals surface area contributed by atoms with Crippen molar-refractivity contribution in [2.75, 3.05) is 19.5 Å². The number of H-pyrrole nitrogens is 1. The highest BCUT2D eigenvalue weighted by Gasteiger charge is 2.14. The van der Waals surface area contributed by atoms with Crippen LogP contribution in [0, 0.1) is 0 Å². The van der Waals surface area contributed by atoms with Gasteiger partial charge in [-0.25, -0.2) is 0 Å². The molecule has 0 aliphatic heterocycles. The number of carbonyl (C=O) groups excluding carboxylic acids is 1. The molecule has 1 N–H and O–H groups in total. The molecule has 0 aliphatic carbocycles. The van der Waals surface area contributed by atoms with E-state index in [4.69, 9.17) is 4.74 Å². The van der Waals surface area contributed by atoms with Crippen LogP contribution in [0.5, 0.6) is 0 Å². The Labute approximate surface area is 131 Å². The van der Waals surface area contributed by atoms with Crippen LogP contribution in [0.3, 0.4) is 0 Å². The third-order valence-electron chi connectivity index (χ3n) is 3.34. The highest BCUT2D eigenvalue weighted by atomic mass is 32.2. The lowest BCUT2D eigenvalue weighted by atomic mass is 10.1. The van der Waals surface area contributed by atoms with Gasteiger partial charge in [-0.1, -0.05) is 30.0 Å². The molecular formula is C15H16N4O2S. The molecule has 0 saturated carbocycles. The Bertz CT molecular complexity index is 781. The predicted octanol–water partition coefficient (Wildman–Crippen LogP) is 2.38. The van der Waals surface area contributed by atoms with Crippen LogP contribution in [-0.4, -0.2) is 45.0 Å². The Kier molecular flexibility index (Phi) is 4.55. The Hall–Kier alpha value is -2.12. The summed E-state index contributed by atoms with van der Waals surface area (Å²) in [6.07, 6.45) is 3.42. The highest BCUT2D eigenvalue weighted by Crippen LogP contribution is 2.22. The number of aromatic amines is 1. The van der Waals surface area contributed by atoms with E-state index in [-0.39, 0.29) is 5.78 Å². The van der Waals surface area contributed by atoms with Gasteiger partial charge in [0.15, 0.2) is 10.9 Å². The summed E-state index contributed by atoms with van der Waals surface area (Å²) in [5.74, 6) is 0.400. The molecule has 0 fully saturated rings. The van der Waals surface area contributed by atoms with E-state index in [9.17, 15) is 4.79 Å². The van der Waals surface area contributed by atoms with Crippen LogP contribution >= 0.6 is 11.8 Å². The molecule has 0 unspecified atom stereocenters. The minimum absolute atomic E-state index is 0.0729. The Morgan fingerprint density at radius 1 is 1.41 bits per heavy atom. The number of carbonyl (C=O) groups is 1. The van der Waals surface area contributed by atoms with Gasteiger partial charge in [0, 0.05) is 36.3 Å². The fourth-order valence-electron chi connectivity index (χ4n) is 2.21. The molecule has 0 bridgehead atoms. The maximum atomic E-state index is 12.4. The van der Waals surface area contributed by atoms with Crippen molar-refractivity contribution in [2.45, 2.75) is 11.7 Å². The number of hydrogen-bond donors (Lipinski definition) is 1. The SMILES string of the molecule is COCCn1cnnc1SCC(=O)c1c[nH]c2ccccc12. The van der Waals surface area contributed by atoms with E-state index in [1.54, 1.807) is 19.6 Å². The van der Waals surface area contributed by atoms with Gasteiger partial charge in [0.25, 0.3) is 0 Å². The van der Waals surface area contributed by atoms with Crippen LogP contribution in [0.2, 0.25) is 0 Å². The van der Waals surface area contributed by atoms with E-state index in [0.29, 0.717) is 24.5 Å². The molecule has 7 heteroatoms. The third-order valence-corrected chi connectivity index (χ3v) is 4.32. The molecule has 1 aromatic carbocycles.